The predicted molar refractivity (Wildman–Crippen MR) is 51.8 cm³/mol. The normalized spacial score (nSPS) is 30.8. The molecular formula is C10H18O4. The smallest absolute Gasteiger partial charge is 0.163 e. The van der Waals surface area contributed by atoms with E-state index in [4.69, 9.17) is 14.6 Å². The van der Waals surface area contributed by atoms with Gasteiger partial charge in [0.25, 0.3) is 0 Å². The molecule has 1 aliphatic rings. The molecule has 4 nitrogen and oxygen atoms in total. The van der Waals surface area contributed by atoms with Crippen molar-refractivity contribution in [3.05, 3.63) is 12.2 Å². The molecule has 0 radical (unpaired) electrons. The molecule has 1 rings (SSSR count). The highest BCUT2D eigenvalue weighted by Crippen LogP contribution is 2.23. The number of ether oxygens (including phenoxy) is 2. The molecule has 0 bridgehead atoms. The van der Waals surface area contributed by atoms with Gasteiger partial charge in [0.2, 0.25) is 0 Å². The zero-order chi connectivity index (χ0) is 10.8. The molecule has 1 saturated heterocycles. The quantitative estimate of drug-likeness (QED) is 0.652. The van der Waals surface area contributed by atoms with E-state index in [0.29, 0.717) is 6.61 Å². The monoisotopic (exact) mass is 202 g/mol. The molecule has 0 spiro atoms. The molecule has 0 aromatic rings. The Labute approximate surface area is 84.1 Å². The molecule has 1 fully saturated rings. The maximum absolute atomic E-state index is 9.48. The van der Waals surface area contributed by atoms with Crippen LogP contribution in [-0.2, 0) is 9.47 Å². The SMILES string of the molecule is CC1(C)OC[C@H](/C=C\[C@](C)(O)CO)O1. The molecule has 0 aliphatic carbocycles. The van der Waals surface area contributed by atoms with Crippen LogP contribution >= 0.6 is 0 Å². The first-order chi connectivity index (χ1) is 6.35. The third kappa shape index (κ3) is 3.38. The van der Waals surface area contributed by atoms with E-state index < -0.39 is 11.4 Å². The number of hydrogen-bond donors (Lipinski definition) is 2. The summed E-state index contributed by atoms with van der Waals surface area (Å²) in [6.45, 7) is 5.38. The molecule has 0 amide bonds. The summed E-state index contributed by atoms with van der Waals surface area (Å²) in [5.41, 5.74) is -1.18. The second-order valence-electron chi connectivity index (χ2n) is 4.24. The van der Waals surface area contributed by atoms with E-state index >= 15 is 0 Å². The minimum Gasteiger partial charge on any atom is -0.393 e. The van der Waals surface area contributed by atoms with Gasteiger partial charge in [-0.25, -0.2) is 0 Å². The first-order valence-corrected chi connectivity index (χ1v) is 4.69. The summed E-state index contributed by atoms with van der Waals surface area (Å²) in [6.07, 6.45) is 3.09. The molecule has 2 N–H and O–H groups in total. The van der Waals surface area contributed by atoms with Gasteiger partial charge >= 0.3 is 0 Å². The first kappa shape index (κ1) is 11.7. The van der Waals surface area contributed by atoms with Gasteiger partial charge < -0.3 is 19.7 Å². The predicted octanol–water partition coefficient (Wildman–Crippen LogP) is 0.437. The van der Waals surface area contributed by atoms with E-state index in [-0.39, 0.29) is 12.7 Å². The van der Waals surface area contributed by atoms with E-state index in [0.717, 1.165) is 0 Å². The summed E-state index contributed by atoms with van der Waals surface area (Å²) >= 11 is 0. The fraction of sp³-hybridized carbons (Fsp3) is 0.800. The lowest BCUT2D eigenvalue weighted by Crippen LogP contribution is -2.26. The summed E-state index contributed by atoms with van der Waals surface area (Å²) in [5.74, 6) is -0.555. The second-order valence-corrected chi connectivity index (χ2v) is 4.24. The average Bonchev–Trinajstić information content (AvgIpc) is 2.43. The molecule has 0 aromatic carbocycles. The van der Waals surface area contributed by atoms with Gasteiger partial charge in [0.05, 0.1) is 13.2 Å². The minimum atomic E-state index is -1.18. The zero-order valence-corrected chi connectivity index (χ0v) is 8.86. The van der Waals surface area contributed by atoms with Crippen molar-refractivity contribution < 1.29 is 19.7 Å². The summed E-state index contributed by atoms with van der Waals surface area (Å²) in [7, 11) is 0. The molecule has 82 valence electrons. The van der Waals surface area contributed by atoms with Gasteiger partial charge in [-0.05, 0) is 20.8 Å². The molecule has 0 saturated carbocycles. The van der Waals surface area contributed by atoms with Crippen molar-refractivity contribution in [3.8, 4) is 0 Å². The lowest BCUT2D eigenvalue weighted by atomic mass is 10.1. The van der Waals surface area contributed by atoms with E-state index in [1.807, 2.05) is 13.8 Å². The topological polar surface area (TPSA) is 58.9 Å². The molecule has 1 aliphatic heterocycles. The Kier molecular flexibility index (Phi) is 3.32. The maximum Gasteiger partial charge on any atom is 0.163 e. The van der Waals surface area contributed by atoms with Gasteiger partial charge in [-0.15, -0.1) is 0 Å². The van der Waals surface area contributed by atoms with Crippen molar-refractivity contribution in [3.63, 3.8) is 0 Å². The molecule has 1 heterocycles. The number of hydrogen-bond acceptors (Lipinski definition) is 4. The van der Waals surface area contributed by atoms with Crippen LogP contribution in [0.5, 0.6) is 0 Å². The van der Waals surface area contributed by atoms with E-state index in [1.54, 1.807) is 6.08 Å². The lowest BCUT2D eigenvalue weighted by molar-refractivity contribution is -0.133. The van der Waals surface area contributed by atoms with E-state index in [9.17, 15) is 5.11 Å². The third-order valence-corrected chi connectivity index (χ3v) is 2.02. The maximum atomic E-state index is 9.48. The average molecular weight is 202 g/mol. The highest BCUT2D eigenvalue weighted by molar-refractivity contribution is 5.02. The first-order valence-electron chi connectivity index (χ1n) is 4.69. The van der Waals surface area contributed by atoms with Gasteiger partial charge in [0.15, 0.2) is 5.79 Å². The number of rotatable bonds is 3. The molecule has 0 aromatic heterocycles. The Hall–Kier alpha value is -0.420. The molecule has 2 atom stereocenters. The van der Waals surface area contributed by atoms with Crippen molar-refractivity contribution in [1.82, 2.24) is 0 Å². The van der Waals surface area contributed by atoms with Crippen molar-refractivity contribution in [2.24, 2.45) is 0 Å². The standard InChI is InChI=1S/C10H18O4/c1-9(2)13-6-8(14-9)4-5-10(3,12)7-11/h4-5,8,11-12H,6-7H2,1-3H3/b5-4-/t8-,10-/m0/s1. The summed E-state index contributed by atoms with van der Waals surface area (Å²) in [4.78, 5) is 0. The van der Waals surface area contributed by atoms with Gasteiger partial charge in [-0.2, -0.15) is 0 Å². The molecular weight excluding hydrogens is 184 g/mol. The molecule has 0 unspecified atom stereocenters. The van der Waals surface area contributed by atoms with Crippen LogP contribution in [0.4, 0.5) is 0 Å². The zero-order valence-electron chi connectivity index (χ0n) is 8.86. The van der Waals surface area contributed by atoms with Crippen LogP contribution in [0.1, 0.15) is 20.8 Å². The molecule has 4 heteroatoms. The summed E-state index contributed by atoms with van der Waals surface area (Å²) < 4.78 is 10.8. The van der Waals surface area contributed by atoms with E-state index in [2.05, 4.69) is 0 Å². The number of aliphatic hydroxyl groups is 2. The Morgan fingerprint density at radius 2 is 2.21 bits per heavy atom. The Morgan fingerprint density at radius 1 is 1.57 bits per heavy atom. The van der Waals surface area contributed by atoms with Crippen molar-refractivity contribution in [1.29, 1.82) is 0 Å². The lowest BCUT2D eigenvalue weighted by Gasteiger charge is -2.17. The fourth-order valence-electron chi connectivity index (χ4n) is 1.18. The highest BCUT2D eigenvalue weighted by Gasteiger charge is 2.31. The highest BCUT2D eigenvalue weighted by atomic mass is 16.7. The Morgan fingerprint density at radius 3 is 2.64 bits per heavy atom. The Balaban J connectivity index is 2.47. The van der Waals surface area contributed by atoms with Crippen LogP contribution in [0.25, 0.3) is 0 Å². The fourth-order valence-corrected chi connectivity index (χ4v) is 1.18. The van der Waals surface area contributed by atoms with Crippen molar-refractivity contribution in [2.45, 2.75) is 38.3 Å². The van der Waals surface area contributed by atoms with Gasteiger partial charge in [-0.3, -0.25) is 0 Å². The minimum absolute atomic E-state index is 0.150. The largest absolute Gasteiger partial charge is 0.393 e. The third-order valence-electron chi connectivity index (χ3n) is 2.02. The van der Waals surface area contributed by atoms with Crippen molar-refractivity contribution in [2.75, 3.05) is 13.2 Å². The van der Waals surface area contributed by atoms with Crippen LogP contribution in [0.15, 0.2) is 12.2 Å². The van der Waals surface area contributed by atoms with Crippen LogP contribution in [0.3, 0.4) is 0 Å². The van der Waals surface area contributed by atoms with Gasteiger partial charge in [0, 0.05) is 0 Å². The van der Waals surface area contributed by atoms with Crippen LogP contribution in [0, 0.1) is 0 Å². The van der Waals surface area contributed by atoms with Crippen LogP contribution in [-0.4, -0.2) is 40.9 Å². The van der Waals surface area contributed by atoms with Gasteiger partial charge in [-0.1, -0.05) is 12.2 Å². The van der Waals surface area contributed by atoms with Crippen molar-refractivity contribution >= 4 is 0 Å². The Bertz CT molecular complexity index is 220. The van der Waals surface area contributed by atoms with Crippen LogP contribution < -0.4 is 0 Å². The number of aliphatic hydroxyl groups excluding tert-OH is 1. The van der Waals surface area contributed by atoms with Gasteiger partial charge in [0.1, 0.15) is 11.7 Å². The van der Waals surface area contributed by atoms with E-state index in [1.165, 1.54) is 13.0 Å². The summed E-state index contributed by atoms with van der Waals surface area (Å²) in [5, 5.41) is 18.3. The van der Waals surface area contributed by atoms with Crippen LogP contribution in [0.2, 0.25) is 0 Å². The summed E-state index contributed by atoms with van der Waals surface area (Å²) in [6, 6.07) is 0. The molecule has 14 heavy (non-hydrogen) atoms. The second kappa shape index (κ2) is 3.98.